The molecule has 5 nitrogen and oxygen atoms in total. The quantitative estimate of drug-likeness (QED) is 0.733. The predicted octanol–water partition coefficient (Wildman–Crippen LogP) is 4.36. The summed E-state index contributed by atoms with van der Waals surface area (Å²) < 4.78 is 1.44. The van der Waals surface area contributed by atoms with E-state index in [9.17, 15) is 9.59 Å². The minimum atomic E-state index is -0.639. The molecule has 140 valence electrons. The Bertz CT molecular complexity index is 1000. The van der Waals surface area contributed by atoms with E-state index in [1.165, 1.54) is 16.5 Å². The second-order valence-corrected chi connectivity index (χ2v) is 7.43. The maximum Gasteiger partial charge on any atom is 0.261 e. The molecular formula is C22H25N3O2. The molecule has 5 heteroatoms. The largest absolute Gasteiger partial charge is 0.324 e. The number of hydrogen-bond donors (Lipinski definition) is 1. The highest BCUT2D eigenvalue weighted by Crippen LogP contribution is 2.21. The fourth-order valence-corrected chi connectivity index (χ4v) is 3.20. The van der Waals surface area contributed by atoms with Crippen molar-refractivity contribution < 1.29 is 4.79 Å². The van der Waals surface area contributed by atoms with Crippen LogP contribution in [0.15, 0.2) is 59.7 Å². The van der Waals surface area contributed by atoms with Gasteiger partial charge >= 0.3 is 0 Å². The first-order valence-electron chi connectivity index (χ1n) is 9.25. The van der Waals surface area contributed by atoms with Crippen molar-refractivity contribution >= 4 is 22.5 Å². The molecular weight excluding hydrogens is 338 g/mol. The number of fused-ring (bicyclic) bond motifs is 1. The second-order valence-electron chi connectivity index (χ2n) is 7.43. The monoisotopic (exact) mass is 363 g/mol. The van der Waals surface area contributed by atoms with E-state index >= 15 is 0 Å². The molecule has 1 atom stereocenters. The van der Waals surface area contributed by atoms with Crippen LogP contribution in [0.1, 0.15) is 45.2 Å². The zero-order chi connectivity index (χ0) is 19.6. The topological polar surface area (TPSA) is 64.0 Å². The molecule has 0 saturated heterocycles. The van der Waals surface area contributed by atoms with Crippen molar-refractivity contribution in [1.82, 2.24) is 9.55 Å². The molecule has 1 amide bonds. The third kappa shape index (κ3) is 3.92. The maximum atomic E-state index is 13.0. The molecule has 0 saturated carbocycles. The number of aromatic nitrogens is 2. The average Bonchev–Trinajstić information content (AvgIpc) is 2.64. The second kappa shape index (κ2) is 7.74. The normalized spacial score (nSPS) is 12.5. The number of anilines is 1. The van der Waals surface area contributed by atoms with Crippen molar-refractivity contribution in [3.8, 4) is 0 Å². The third-order valence-electron chi connectivity index (χ3n) is 4.73. The van der Waals surface area contributed by atoms with Crippen LogP contribution in [0.25, 0.3) is 10.9 Å². The molecule has 0 aliphatic carbocycles. The van der Waals surface area contributed by atoms with Crippen molar-refractivity contribution in [3.05, 3.63) is 70.8 Å². The van der Waals surface area contributed by atoms with E-state index in [1.54, 1.807) is 18.2 Å². The maximum absolute atomic E-state index is 13.0. The molecule has 1 N–H and O–H groups in total. The molecule has 0 aliphatic heterocycles. The number of carbonyl (C=O) groups is 1. The third-order valence-corrected chi connectivity index (χ3v) is 4.73. The molecule has 3 aromatic rings. The highest BCUT2D eigenvalue weighted by atomic mass is 16.2. The lowest BCUT2D eigenvalue weighted by Gasteiger charge is -2.23. The minimum Gasteiger partial charge on any atom is -0.324 e. The number of para-hydroxylation sites is 1. The highest BCUT2D eigenvalue weighted by Gasteiger charge is 2.26. The summed E-state index contributed by atoms with van der Waals surface area (Å²) in [5, 5.41) is 3.45. The molecule has 1 aromatic heterocycles. The van der Waals surface area contributed by atoms with Crippen LogP contribution in [-0.4, -0.2) is 15.5 Å². The lowest BCUT2D eigenvalue weighted by atomic mass is 10.0. The lowest BCUT2D eigenvalue weighted by Crippen LogP contribution is -2.36. The van der Waals surface area contributed by atoms with Gasteiger partial charge in [-0.2, -0.15) is 0 Å². The van der Waals surface area contributed by atoms with Crippen LogP contribution in [0, 0.1) is 5.92 Å². The Morgan fingerprint density at radius 2 is 1.67 bits per heavy atom. The van der Waals surface area contributed by atoms with Crippen LogP contribution in [0.2, 0.25) is 0 Å². The number of benzene rings is 2. The zero-order valence-corrected chi connectivity index (χ0v) is 16.1. The summed E-state index contributed by atoms with van der Waals surface area (Å²) >= 11 is 0. The van der Waals surface area contributed by atoms with Gasteiger partial charge in [0.05, 0.1) is 17.2 Å². The van der Waals surface area contributed by atoms with Crippen molar-refractivity contribution in [2.45, 2.75) is 39.7 Å². The Hall–Kier alpha value is -2.95. The predicted molar refractivity (Wildman–Crippen MR) is 109 cm³/mol. The van der Waals surface area contributed by atoms with Gasteiger partial charge < -0.3 is 5.32 Å². The van der Waals surface area contributed by atoms with Crippen LogP contribution < -0.4 is 10.9 Å². The van der Waals surface area contributed by atoms with Crippen molar-refractivity contribution in [2.24, 2.45) is 5.92 Å². The van der Waals surface area contributed by atoms with E-state index < -0.39 is 6.04 Å². The Kier molecular flexibility index (Phi) is 5.40. The molecule has 0 spiro atoms. The Morgan fingerprint density at radius 1 is 1.00 bits per heavy atom. The van der Waals surface area contributed by atoms with Gasteiger partial charge in [-0.3, -0.25) is 14.2 Å². The van der Waals surface area contributed by atoms with Gasteiger partial charge in [0, 0.05) is 5.69 Å². The highest BCUT2D eigenvalue weighted by molar-refractivity contribution is 5.94. The van der Waals surface area contributed by atoms with Gasteiger partial charge in [0.1, 0.15) is 6.04 Å². The standard InChI is InChI=1S/C22H25N3O2/c1-14(2)16-9-11-17(12-10-16)24-21(26)20(15(3)4)25-13-23-19-8-6-5-7-18(19)22(25)27/h5-15,20H,1-4H3,(H,24,26). The number of nitrogens with one attached hydrogen (secondary N) is 1. The van der Waals surface area contributed by atoms with E-state index in [4.69, 9.17) is 0 Å². The van der Waals surface area contributed by atoms with Gasteiger partial charge in [-0.25, -0.2) is 4.98 Å². The summed E-state index contributed by atoms with van der Waals surface area (Å²) in [5.74, 6) is 0.141. The van der Waals surface area contributed by atoms with E-state index in [0.717, 1.165) is 5.69 Å². The molecule has 0 radical (unpaired) electrons. The summed E-state index contributed by atoms with van der Waals surface area (Å²) in [4.78, 5) is 30.2. The lowest BCUT2D eigenvalue weighted by molar-refractivity contribution is -0.120. The molecule has 2 aromatic carbocycles. The number of carbonyl (C=O) groups excluding carboxylic acids is 1. The van der Waals surface area contributed by atoms with Gasteiger partial charge in [0.25, 0.3) is 5.56 Å². The van der Waals surface area contributed by atoms with Gasteiger partial charge in [-0.1, -0.05) is 52.0 Å². The van der Waals surface area contributed by atoms with Gasteiger partial charge in [-0.05, 0) is 41.7 Å². The average molecular weight is 363 g/mol. The number of rotatable bonds is 5. The number of hydrogen-bond acceptors (Lipinski definition) is 3. The molecule has 3 rings (SSSR count). The molecule has 0 bridgehead atoms. The summed E-state index contributed by atoms with van der Waals surface area (Å²) in [6.07, 6.45) is 1.47. The molecule has 0 aliphatic rings. The van der Waals surface area contributed by atoms with E-state index in [1.807, 2.05) is 44.2 Å². The Labute approximate surface area is 159 Å². The fraction of sp³-hybridized carbons (Fsp3) is 0.318. The van der Waals surface area contributed by atoms with Gasteiger partial charge in [0.2, 0.25) is 5.91 Å². The molecule has 1 unspecified atom stereocenters. The summed E-state index contributed by atoms with van der Waals surface area (Å²) in [7, 11) is 0. The van der Waals surface area contributed by atoms with Crippen molar-refractivity contribution in [1.29, 1.82) is 0 Å². The zero-order valence-electron chi connectivity index (χ0n) is 16.1. The van der Waals surface area contributed by atoms with E-state index in [-0.39, 0.29) is 17.4 Å². The SMILES string of the molecule is CC(C)c1ccc(NC(=O)C(C(C)C)n2cnc3ccccc3c2=O)cc1. The molecule has 0 fully saturated rings. The first kappa shape index (κ1) is 18.8. The summed E-state index contributed by atoms with van der Waals surface area (Å²) in [6, 6.07) is 14.3. The van der Waals surface area contributed by atoms with Crippen LogP contribution >= 0.6 is 0 Å². The fourth-order valence-electron chi connectivity index (χ4n) is 3.20. The van der Waals surface area contributed by atoms with Gasteiger partial charge in [0.15, 0.2) is 0 Å². The smallest absolute Gasteiger partial charge is 0.261 e. The van der Waals surface area contributed by atoms with Crippen molar-refractivity contribution in [2.75, 3.05) is 5.32 Å². The van der Waals surface area contributed by atoms with E-state index in [2.05, 4.69) is 24.1 Å². The first-order valence-corrected chi connectivity index (χ1v) is 9.25. The minimum absolute atomic E-state index is 0.0689. The van der Waals surface area contributed by atoms with E-state index in [0.29, 0.717) is 16.8 Å². The Balaban J connectivity index is 1.92. The van der Waals surface area contributed by atoms with Crippen LogP contribution in [0.5, 0.6) is 0 Å². The first-order chi connectivity index (χ1) is 12.9. The molecule has 27 heavy (non-hydrogen) atoms. The van der Waals surface area contributed by atoms with Crippen LogP contribution in [0.4, 0.5) is 5.69 Å². The van der Waals surface area contributed by atoms with Crippen LogP contribution in [0.3, 0.4) is 0 Å². The Morgan fingerprint density at radius 3 is 2.30 bits per heavy atom. The number of nitrogens with zero attached hydrogens (tertiary/aromatic N) is 2. The van der Waals surface area contributed by atoms with Crippen LogP contribution in [-0.2, 0) is 4.79 Å². The molecule has 1 heterocycles. The van der Waals surface area contributed by atoms with Crippen molar-refractivity contribution in [3.63, 3.8) is 0 Å². The summed E-state index contributed by atoms with van der Waals surface area (Å²) in [5.41, 5.74) is 2.36. The summed E-state index contributed by atoms with van der Waals surface area (Å²) in [6.45, 7) is 8.10. The van der Waals surface area contributed by atoms with Gasteiger partial charge in [-0.15, -0.1) is 0 Å². The number of amides is 1.